The average Bonchev–Trinajstić information content (AvgIpc) is 3.47. The van der Waals surface area contributed by atoms with Crippen LogP contribution in [0.1, 0.15) is 32.3 Å². The zero-order valence-electron chi connectivity index (χ0n) is 17.9. The lowest BCUT2D eigenvalue weighted by Crippen LogP contribution is -2.55. The number of aliphatic imine (C=N–C) groups is 1. The zero-order valence-corrected chi connectivity index (χ0v) is 21.0. The molecule has 1 aromatic rings. The third-order valence-electron chi connectivity index (χ3n) is 5.54. The molecule has 1 aromatic carbocycles. The number of hydrogen-bond donors (Lipinski definition) is 2. The fourth-order valence-corrected chi connectivity index (χ4v) is 4.01. The van der Waals surface area contributed by atoms with Crippen molar-refractivity contribution in [2.24, 2.45) is 4.99 Å². The number of carbonyl (C=O) groups is 1. The summed E-state index contributed by atoms with van der Waals surface area (Å²) in [5, 5.41) is 6.91. The van der Waals surface area contributed by atoms with E-state index in [1.165, 1.54) is 12.1 Å². The molecule has 1 amide bonds. The largest absolute Gasteiger partial charge is 0.355 e. The minimum absolute atomic E-state index is 0. The van der Waals surface area contributed by atoms with E-state index in [1.807, 2.05) is 0 Å². The van der Waals surface area contributed by atoms with Gasteiger partial charge in [0.2, 0.25) is 5.91 Å². The molecule has 2 fully saturated rings. The number of guanidine groups is 1. The van der Waals surface area contributed by atoms with Crippen molar-refractivity contribution < 1.29 is 9.18 Å². The molecular weight excluding hydrogens is 520 g/mol. The highest BCUT2D eigenvalue weighted by atomic mass is 127. The molecule has 9 heteroatoms. The van der Waals surface area contributed by atoms with Gasteiger partial charge in [0.25, 0.3) is 0 Å². The van der Waals surface area contributed by atoms with E-state index in [9.17, 15) is 9.18 Å². The van der Waals surface area contributed by atoms with Crippen LogP contribution in [0.5, 0.6) is 0 Å². The highest BCUT2D eigenvalue weighted by Crippen LogP contribution is 2.30. The van der Waals surface area contributed by atoms with Gasteiger partial charge in [-0.05, 0) is 30.5 Å². The quantitative estimate of drug-likeness (QED) is 0.324. The molecule has 0 spiro atoms. The van der Waals surface area contributed by atoms with E-state index in [1.54, 1.807) is 13.1 Å². The standard InChI is InChI=1S/C21H31ClFN5O.HI/c1-21(2,17-7-4-15(23)12-18(17)22)14-25-20(24-3)28-10-8-27(9-11-28)13-19(29)26-16-5-6-16;/h4,7,12,16H,5-6,8-11,13-14H2,1-3H3,(H,24,25)(H,26,29);1H. The van der Waals surface area contributed by atoms with E-state index < -0.39 is 0 Å². The summed E-state index contributed by atoms with van der Waals surface area (Å²) in [5.41, 5.74) is 0.610. The van der Waals surface area contributed by atoms with Gasteiger partial charge in [0.1, 0.15) is 5.82 Å². The third kappa shape index (κ3) is 6.95. The molecule has 1 aliphatic heterocycles. The second kappa shape index (κ2) is 10.9. The predicted molar refractivity (Wildman–Crippen MR) is 130 cm³/mol. The van der Waals surface area contributed by atoms with E-state index in [0.29, 0.717) is 24.2 Å². The molecule has 30 heavy (non-hydrogen) atoms. The highest BCUT2D eigenvalue weighted by molar-refractivity contribution is 14.0. The summed E-state index contributed by atoms with van der Waals surface area (Å²) < 4.78 is 13.4. The summed E-state index contributed by atoms with van der Waals surface area (Å²) in [7, 11) is 1.77. The van der Waals surface area contributed by atoms with Crippen LogP contribution in [0.4, 0.5) is 4.39 Å². The zero-order chi connectivity index (χ0) is 21.0. The van der Waals surface area contributed by atoms with E-state index in [0.717, 1.165) is 50.5 Å². The number of rotatable bonds is 6. The fourth-order valence-electron chi connectivity index (χ4n) is 3.59. The Hall–Kier alpha value is -1.13. The van der Waals surface area contributed by atoms with Crippen LogP contribution in [0.15, 0.2) is 23.2 Å². The van der Waals surface area contributed by atoms with Gasteiger partial charge < -0.3 is 15.5 Å². The Morgan fingerprint density at radius 3 is 2.50 bits per heavy atom. The Morgan fingerprint density at radius 2 is 1.93 bits per heavy atom. The molecule has 3 rings (SSSR count). The maximum absolute atomic E-state index is 13.4. The van der Waals surface area contributed by atoms with E-state index >= 15 is 0 Å². The molecular formula is C21H32ClFIN5O. The molecule has 0 bridgehead atoms. The Bertz CT molecular complexity index is 764. The summed E-state index contributed by atoms with van der Waals surface area (Å²) in [6.45, 7) is 8.51. The lowest BCUT2D eigenvalue weighted by atomic mass is 9.84. The lowest BCUT2D eigenvalue weighted by Gasteiger charge is -2.37. The van der Waals surface area contributed by atoms with Crippen LogP contribution in [0.25, 0.3) is 0 Å². The van der Waals surface area contributed by atoms with Gasteiger partial charge in [-0.15, -0.1) is 24.0 Å². The van der Waals surface area contributed by atoms with Gasteiger partial charge in [-0.1, -0.05) is 31.5 Å². The van der Waals surface area contributed by atoms with Crippen molar-refractivity contribution in [2.45, 2.75) is 38.1 Å². The van der Waals surface area contributed by atoms with Crippen molar-refractivity contribution in [2.75, 3.05) is 46.3 Å². The number of amides is 1. The highest BCUT2D eigenvalue weighted by Gasteiger charge is 2.27. The van der Waals surface area contributed by atoms with Crippen molar-refractivity contribution in [3.8, 4) is 0 Å². The lowest BCUT2D eigenvalue weighted by molar-refractivity contribution is -0.122. The molecule has 168 valence electrons. The Balaban J connectivity index is 0.00000320. The molecule has 1 aliphatic carbocycles. The summed E-state index contributed by atoms with van der Waals surface area (Å²) in [4.78, 5) is 20.8. The first kappa shape index (κ1) is 25.1. The first-order valence-corrected chi connectivity index (χ1v) is 10.6. The SMILES string of the molecule is CN=C(NCC(C)(C)c1ccc(F)cc1Cl)N1CCN(CC(=O)NC2CC2)CC1.I. The Labute approximate surface area is 200 Å². The smallest absolute Gasteiger partial charge is 0.234 e. The molecule has 6 nitrogen and oxygen atoms in total. The van der Waals surface area contributed by atoms with E-state index in [2.05, 4.69) is 39.3 Å². The molecule has 1 saturated carbocycles. The van der Waals surface area contributed by atoms with Gasteiger partial charge in [-0.25, -0.2) is 4.39 Å². The number of nitrogens with one attached hydrogen (secondary N) is 2. The van der Waals surface area contributed by atoms with Crippen molar-refractivity contribution in [1.29, 1.82) is 0 Å². The second-order valence-electron chi connectivity index (χ2n) is 8.51. The molecule has 0 radical (unpaired) electrons. The topological polar surface area (TPSA) is 60.0 Å². The first-order chi connectivity index (χ1) is 13.8. The number of nitrogens with zero attached hydrogens (tertiary/aromatic N) is 3. The maximum atomic E-state index is 13.4. The van der Waals surface area contributed by atoms with Gasteiger partial charge in [0.05, 0.1) is 6.54 Å². The number of benzene rings is 1. The molecule has 1 heterocycles. The van der Waals surface area contributed by atoms with Crippen molar-refractivity contribution in [1.82, 2.24) is 20.4 Å². The molecule has 2 N–H and O–H groups in total. The second-order valence-corrected chi connectivity index (χ2v) is 8.92. The van der Waals surface area contributed by atoms with Crippen LogP contribution in [-0.2, 0) is 10.2 Å². The van der Waals surface area contributed by atoms with Gasteiger partial charge >= 0.3 is 0 Å². The van der Waals surface area contributed by atoms with Crippen molar-refractivity contribution in [3.63, 3.8) is 0 Å². The van der Waals surface area contributed by atoms with Crippen molar-refractivity contribution in [3.05, 3.63) is 34.6 Å². The predicted octanol–water partition coefficient (Wildman–Crippen LogP) is 2.85. The monoisotopic (exact) mass is 551 g/mol. The number of carbonyl (C=O) groups excluding carboxylic acids is 1. The minimum Gasteiger partial charge on any atom is -0.355 e. The molecule has 2 aliphatic rings. The Morgan fingerprint density at radius 1 is 1.27 bits per heavy atom. The van der Waals surface area contributed by atoms with Gasteiger partial charge in [-0.2, -0.15) is 0 Å². The molecule has 0 atom stereocenters. The van der Waals surface area contributed by atoms with Crippen LogP contribution in [0, 0.1) is 5.82 Å². The minimum atomic E-state index is -0.331. The van der Waals surface area contributed by atoms with E-state index in [4.69, 9.17) is 11.6 Å². The van der Waals surface area contributed by atoms with E-state index in [-0.39, 0.29) is 41.1 Å². The fraction of sp³-hybridized carbons (Fsp3) is 0.619. The van der Waals surface area contributed by atoms with Gasteiger partial charge in [0, 0.05) is 56.3 Å². The number of hydrogen-bond acceptors (Lipinski definition) is 3. The van der Waals surface area contributed by atoms with Gasteiger partial charge in [0.15, 0.2) is 5.96 Å². The summed E-state index contributed by atoms with van der Waals surface area (Å²) in [5.74, 6) is 0.627. The number of halogens is 3. The third-order valence-corrected chi connectivity index (χ3v) is 5.85. The van der Waals surface area contributed by atoms with Crippen LogP contribution in [0.3, 0.4) is 0 Å². The van der Waals surface area contributed by atoms with Crippen molar-refractivity contribution >= 4 is 47.4 Å². The molecule has 0 unspecified atom stereocenters. The summed E-state index contributed by atoms with van der Waals surface area (Å²) in [6.07, 6.45) is 2.22. The summed E-state index contributed by atoms with van der Waals surface area (Å²) in [6, 6.07) is 4.94. The van der Waals surface area contributed by atoms with Crippen LogP contribution < -0.4 is 10.6 Å². The van der Waals surface area contributed by atoms with Gasteiger partial charge in [-0.3, -0.25) is 14.7 Å². The van der Waals surface area contributed by atoms with Crippen LogP contribution in [0.2, 0.25) is 5.02 Å². The average molecular weight is 552 g/mol. The molecule has 0 aromatic heterocycles. The maximum Gasteiger partial charge on any atom is 0.234 e. The molecule has 1 saturated heterocycles. The Kier molecular flexibility index (Phi) is 9.17. The van der Waals surface area contributed by atoms with Crippen LogP contribution >= 0.6 is 35.6 Å². The first-order valence-electron chi connectivity index (χ1n) is 10.2. The number of piperazine rings is 1. The normalized spacial score (nSPS) is 18.0. The summed E-state index contributed by atoms with van der Waals surface area (Å²) >= 11 is 6.26. The van der Waals surface area contributed by atoms with Crippen LogP contribution in [-0.4, -0.2) is 74.0 Å².